The van der Waals surface area contributed by atoms with Crippen LogP contribution in [-0.4, -0.2) is 89.7 Å². The van der Waals surface area contributed by atoms with Gasteiger partial charge in [0.2, 0.25) is 5.91 Å². The maximum Gasteiger partial charge on any atom is 0.326 e. The number of anilines is 3. The van der Waals surface area contributed by atoms with Crippen LogP contribution in [0, 0.1) is 0 Å². The number of rotatable bonds is 15. The van der Waals surface area contributed by atoms with E-state index in [1.165, 1.54) is 18.8 Å². The molecule has 0 radical (unpaired) electrons. The Labute approximate surface area is 219 Å². The molecule has 37 heavy (non-hydrogen) atoms. The highest BCUT2D eigenvalue weighted by Crippen LogP contribution is 2.20. The van der Waals surface area contributed by atoms with Gasteiger partial charge in [-0.2, -0.15) is 0 Å². The number of carboxylic acids is 1. The van der Waals surface area contributed by atoms with Gasteiger partial charge in [-0.3, -0.25) is 4.79 Å². The normalized spacial score (nSPS) is 13.4. The number of carbonyl (C=O) groups excluding carboxylic acids is 1. The molecule has 0 aromatic carbocycles. The fourth-order valence-electron chi connectivity index (χ4n) is 4.29. The first kappa shape index (κ1) is 28.1. The van der Waals surface area contributed by atoms with Crippen LogP contribution in [0.3, 0.4) is 0 Å². The van der Waals surface area contributed by atoms with Crippen LogP contribution in [0.15, 0.2) is 24.5 Å². The standard InChI is InChI=1S/C26H40N8O3/c1-19(35)27-13-16-34(14-5-4-8-21-10-9-20-7-6-12-28-25(20)31-21)15-11-22(26(36)37)32-23-17-24(33(2)3)30-18-29-23/h9-10,17-18,22H,4-8,11-16H2,1-3H3,(H,27,35)(H,28,31)(H,36,37)(H,29,30,32). The summed E-state index contributed by atoms with van der Waals surface area (Å²) in [7, 11) is 3.73. The number of fused-ring (bicyclic) bond motifs is 1. The number of carboxylic acid groups (broad SMARTS) is 1. The van der Waals surface area contributed by atoms with E-state index in [2.05, 4.69) is 43.0 Å². The van der Waals surface area contributed by atoms with Gasteiger partial charge in [0.1, 0.15) is 29.8 Å². The van der Waals surface area contributed by atoms with Crippen molar-refractivity contribution in [3.8, 4) is 0 Å². The average molecular weight is 513 g/mol. The van der Waals surface area contributed by atoms with Crippen LogP contribution in [0.25, 0.3) is 0 Å². The summed E-state index contributed by atoms with van der Waals surface area (Å²) < 4.78 is 0. The molecule has 0 spiro atoms. The van der Waals surface area contributed by atoms with E-state index in [4.69, 9.17) is 4.98 Å². The number of amides is 1. The zero-order chi connectivity index (χ0) is 26.6. The summed E-state index contributed by atoms with van der Waals surface area (Å²) in [5, 5.41) is 19.0. The Morgan fingerprint density at radius 2 is 2.00 bits per heavy atom. The number of aryl methyl sites for hydroxylation is 2. The van der Waals surface area contributed by atoms with E-state index in [-0.39, 0.29) is 5.91 Å². The van der Waals surface area contributed by atoms with Crippen molar-refractivity contribution in [2.24, 2.45) is 0 Å². The third-order valence-electron chi connectivity index (χ3n) is 6.38. The molecule has 0 saturated carbocycles. The van der Waals surface area contributed by atoms with Crippen LogP contribution in [0.5, 0.6) is 0 Å². The number of hydrogen-bond acceptors (Lipinski definition) is 9. The van der Waals surface area contributed by atoms with Gasteiger partial charge < -0.3 is 30.9 Å². The summed E-state index contributed by atoms with van der Waals surface area (Å²) in [5.41, 5.74) is 2.38. The van der Waals surface area contributed by atoms with Crippen LogP contribution >= 0.6 is 0 Å². The highest BCUT2D eigenvalue weighted by molar-refractivity contribution is 5.77. The van der Waals surface area contributed by atoms with Crippen molar-refractivity contribution in [2.75, 3.05) is 62.4 Å². The molecule has 1 amide bonds. The molecule has 1 atom stereocenters. The topological polar surface area (TPSA) is 136 Å². The van der Waals surface area contributed by atoms with Gasteiger partial charge in [-0.1, -0.05) is 6.07 Å². The van der Waals surface area contributed by atoms with E-state index in [1.807, 2.05) is 19.0 Å². The van der Waals surface area contributed by atoms with Crippen LogP contribution < -0.4 is 20.9 Å². The summed E-state index contributed by atoms with van der Waals surface area (Å²) in [6.45, 7) is 5.05. The lowest BCUT2D eigenvalue weighted by molar-refractivity contribution is -0.138. The number of hydrogen-bond donors (Lipinski definition) is 4. The minimum Gasteiger partial charge on any atom is -0.480 e. The highest BCUT2D eigenvalue weighted by Gasteiger charge is 2.20. The van der Waals surface area contributed by atoms with Crippen LogP contribution in [0.2, 0.25) is 0 Å². The smallest absolute Gasteiger partial charge is 0.326 e. The number of pyridine rings is 1. The molecule has 1 aliphatic heterocycles. The lowest BCUT2D eigenvalue weighted by atomic mass is 10.1. The lowest BCUT2D eigenvalue weighted by Gasteiger charge is -2.25. The van der Waals surface area contributed by atoms with Crippen molar-refractivity contribution in [2.45, 2.75) is 51.5 Å². The van der Waals surface area contributed by atoms with Crippen LogP contribution in [-0.2, 0) is 22.4 Å². The van der Waals surface area contributed by atoms with E-state index in [0.29, 0.717) is 37.7 Å². The van der Waals surface area contributed by atoms with Gasteiger partial charge in [-0.05, 0) is 56.7 Å². The SMILES string of the molecule is CC(=O)NCCN(CCCCc1ccc2c(n1)NCCC2)CCC(Nc1cc(N(C)C)ncn1)C(=O)O. The van der Waals surface area contributed by atoms with Crippen LogP contribution in [0.4, 0.5) is 17.5 Å². The lowest BCUT2D eigenvalue weighted by Crippen LogP contribution is -2.39. The molecular formula is C26H40N8O3. The molecule has 1 aliphatic rings. The largest absolute Gasteiger partial charge is 0.480 e. The summed E-state index contributed by atoms with van der Waals surface area (Å²) in [6.07, 6.45) is 6.89. The van der Waals surface area contributed by atoms with Gasteiger partial charge in [-0.15, -0.1) is 0 Å². The molecule has 11 nitrogen and oxygen atoms in total. The molecule has 2 aromatic rings. The fourth-order valence-corrected chi connectivity index (χ4v) is 4.29. The van der Waals surface area contributed by atoms with E-state index >= 15 is 0 Å². The quantitative estimate of drug-likeness (QED) is 0.262. The van der Waals surface area contributed by atoms with Crippen molar-refractivity contribution in [3.63, 3.8) is 0 Å². The maximum absolute atomic E-state index is 12.0. The van der Waals surface area contributed by atoms with Crippen molar-refractivity contribution in [1.82, 2.24) is 25.2 Å². The maximum atomic E-state index is 12.0. The first-order valence-corrected chi connectivity index (χ1v) is 13.0. The second-order valence-electron chi connectivity index (χ2n) is 9.60. The molecule has 0 fully saturated rings. The fraction of sp³-hybridized carbons (Fsp3) is 0.577. The number of nitrogens with zero attached hydrogens (tertiary/aromatic N) is 5. The molecule has 2 aromatic heterocycles. The van der Waals surface area contributed by atoms with E-state index in [1.54, 1.807) is 6.07 Å². The van der Waals surface area contributed by atoms with Gasteiger partial charge in [0, 0.05) is 59.0 Å². The van der Waals surface area contributed by atoms with E-state index < -0.39 is 12.0 Å². The summed E-state index contributed by atoms with van der Waals surface area (Å²) >= 11 is 0. The molecule has 3 heterocycles. The predicted octanol–water partition coefficient (Wildman–Crippen LogP) is 2.01. The van der Waals surface area contributed by atoms with Crippen LogP contribution in [0.1, 0.15) is 43.9 Å². The molecule has 0 saturated heterocycles. The Morgan fingerprint density at radius 3 is 2.76 bits per heavy atom. The third-order valence-corrected chi connectivity index (χ3v) is 6.38. The molecule has 0 aliphatic carbocycles. The first-order valence-electron chi connectivity index (χ1n) is 13.0. The van der Waals surface area contributed by atoms with Crippen molar-refractivity contribution < 1.29 is 14.7 Å². The molecule has 1 unspecified atom stereocenters. The van der Waals surface area contributed by atoms with Gasteiger partial charge in [-0.25, -0.2) is 19.7 Å². The molecular weight excluding hydrogens is 472 g/mol. The Morgan fingerprint density at radius 1 is 1.16 bits per heavy atom. The van der Waals surface area contributed by atoms with Gasteiger partial charge in [0.15, 0.2) is 0 Å². The monoisotopic (exact) mass is 512 g/mol. The molecule has 4 N–H and O–H groups in total. The Bertz CT molecular complexity index is 1030. The van der Waals surface area contributed by atoms with Crippen molar-refractivity contribution in [3.05, 3.63) is 35.8 Å². The third kappa shape index (κ3) is 9.49. The number of carbonyl (C=O) groups is 2. The van der Waals surface area contributed by atoms with Crippen molar-refractivity contribution >= 4 is 29.3 Å². The van der Waals surface area contributed by atoms with E-state index in [0.717, 1.165) is 56.7 Å². The summed E-state index contributed by atoms with van der Waals surface area (Å²) in [4.78, 5) is 40.5. The molecule has 0 bridgehead atoms. The van der Waals surface area contributed by atoms with Gasteiger partial charge in [0.25, 0.3) is 0 Å². The first-order chi connectivity index (χ1) is 17.8. The van der Waals surface area contributed by atoms with E-state index in [9.17, 15) is 14.7 Å². The number of aliphatic carboxylic acids is 1. The number of nitrogens with one attached hydrogen (secondary N) is 3. The highest BCUT2D eigenvalue weighted by atomic mass is 16.4. The molecule has 202 valence electrons. The number of aromatic nitrogens is 3. The minimum absolute atomic E-state index is 0.0717. The second kappa shape index (κ2) is 14.3. The molecule has 11 heteroatoms. The minimum atomic E-state index is -0.932. The zero-order valence-electron chi connectivity index (χ0n) is 22.2. The Balaban J connectivity index is 1.52. The second-order valence-corrected chi connectivity index (χ2v) is 9.60. The zero-order valence-corrected chi connectivity index (χ0v) is 22.2. The number of unbranched alkanes of at least 4 members (excludes halogenated alkanes) is 1. The van der Waals surface area contributed by atoms with Crippen molar-refractivity contribution in [1.29, 1.82) is 0 Å². The van der Waals surface area contributed by atoms with Gasteiger partial charge >= 0.3 is 5.97 Å². The van der Waals surface area contributed by atoms with Gasteiger partial charge in [0.05, 0.1) is 0 Å². The molecule has 3 rings (SSSR count). The Kier molecular flexibility index (Phi) is 10.9. The predicted molar refractivity (Wildman–Crippen MR) is 145 cm³/mol. The Hall–Kier alpha value is -3.47. The summed E-state index contributed by atoms with van der Waals surface area (Å²) in [5.74, 6) is 1.19. The average Bonchev–Trinajstić information content (AvgIpc) is 2.88. The summed E-state index contributed by atoms with van der Waals surface area (Å²) in [6, 6.07) is 5.25.